The number of benzene rings is 3. The van der Waals surface area contributed by atoms with Gasteiger partial charge in [0.25, 0.3) is 0 Å². The first kappa shape index (κ1) is 22.8. The van der Waals surface area contributed by atoms with E-state index in [1.807, 2.05) is 6.08 Å². The van der Waals surface area contributed by atoms with Gasteiger partial charge in [0.15, 0.2) is 23.1 Å². The molecule has 0 unspecified atom stereocenters. The van der Waals surface area contributed by atoms with E-state index in [1.165, 1.54) is 24.3 Å². The van der Waals surface area contributed by atoms with Gasteiger partial charge < -0.3 is 10.2 Å². The van der Waals surface area contributed by atoms with Crippen LogP contribution < -0.4 is 0 Å². The van der Waals surface area contributed by atoms with Gasteiger partial charge in [0.2, 0.25) is 11.6 Å². The van der Waals surface area contributed by atoms with Crippen molar-refractivity contribution in [3.63, 3.8) is 0 Å². The molecule has 0 atom stereocenters. The monoisotopic (exact) mass is 460 g/mol. The normalized spacial score (nSPS) is 18.7. The molecule has 0 spiro atoms. The molecule has 2 nitrogen and oxygen atoms in total. The first-order valence-corrected chi connectivity index (χ1v) is 10.6. The molecule has 1 aliphatic rings. The molecular formula is C26H21F5O2. The molecule has 172 valence electrons. The van der Waals surface area contributed by atoms with Gasteiger partial charge in [0.05, 0.1) is 0 Å². The van der Waals surface area contributed by atoms with Crippen LogP contribution in [0.15, 0.2) is 48.5 Å². The van der Waals surface area contributed by atoms with E-state index in [0.29, 0.717) is 25.7 Å². The maximum absolute atomic E-state index is 14.6. The molecule has 2 N–H and O–H groups in total. The maximum atomic E-state index is 14.6. The van der Waals surface area contributed by atoms with E-state index in [-0.39, 0.29) is 34.1 Å². The fourth-order valence-corrected chi connectivity index (χ4v) is 4.32. The summed E-state index contributed by atoms with van der Waals surface area (Å²) in [5, 5.41) is 18.5. The molecule has 1 fully saturated rings. The van der Waals surface area contributed by atoms with E-state index in [9.17, 15) is 32.2 Å². The predicted octanol–water partition coefficient (Wildman–Crippen LogP) is 7.45. The summed E-state index contributed by atoms with van der Waals surface area (Å²) < 4.78 is 70.0. The lowest BCUT2D eigenvalue weighted by molar-refractivity contribution is 0.358. The van der Waals surface area contributed by atoms with Gasteiger partial charge in [-0.1, -0.05) is 30.4 Å². The number of rotatable bonds is 4. The molecule has 0 bridgehead atoms. The van der Waals surface area contributed by atoms with E-state index in [4.69, 9.17) is 0 Å². The van der Waals surface area contributed by atoms with Crippen molar-refractivity contribution in [2.24, 2.45) is 5.92 Å². The van der Waals surface area contributed by atoms with E-state index in [0.717, 1.165) is 18.2 Å². The van der Waals surface area contributed by atoms with Crippen LogP contribution in [0.3, 0.4) is 0 Å². The number of aromatic hydroxyl groups is 2. The summed E-state index contributed by atoms with van der Waals surface area (Å²) in [6.45, 7) is 0. The average molecular weight is 460 g/mol. The van der Waals surface area contributed by atoms with Gasteiger partial charge >= 0.3 is 0 Å². The number of phenolic OH excluding ortho intramolecular Hbond substituents is 2. The fourth-order valence-electron chi connectivity index (χ4n) is 4.32. The van der Waals surface area contributed by atoms with Crippen LogP contribution in [0.4, 0.5) is 22.0 Å². The second-order valence-corrected chi connectivity index (χ2v) is 8.27. The van der Waals surface area contributed by atoms with Crippen molar-refractivity contribution >= 4 is 6.08 Å². The highest BCUT2D eigenvalue weighted by Crippen LogP contribution is 2.39. The van der Waals surface area contributed by atoms with Crippen molar-refractivity contribution in [1.29, 1.82) is 0 Å². The molecule has 3 aromatic carbocycles. The third-order valence-corrected chi connectivity index (χ3v) is 6.22. The summed E-state index contributed by atoms with van der Waals surface area (Å²) in [6.07, 6.45) is 6.16. The molecule has 0 aromatic heterocycles. The molecule has 1 aliphatic carbocycles. The zero-order chi connectivity index (χ0) is 23.7. The minimum absolute atomic E-state index is 0.133. The average Bonchev–Trinajstić information content (AvgIpc) is 2.81. The van der Waals surface area contributed by atoms with Gasteiger partial charge in [-0.05, 0) is 72.9 Å². The van der Waals surface area contributed by atoms with Gasteiger partial charge in [-0.15, -0.1) is 0 Å². The highest BCUT2D eigenvalue weighted by atomic mass is 19.2. The molecule has 0 heterocycles. The zero-order valence-electron chi connectivity index (χ0n) is 17.5. The first-order chi connectivity index (χ1) is 15.8. The molecular weight excluding hydrogens is 439 g/mol. The highest BCUT2D eigenvalue weighted by molar-refractivity contribution is 5.67. The molecule has 3 aromatic rings. The Balaban J connectivity index is 1.43. The van der Waals surface area contributed by atoms with Gasteiger partial charge in [0.1, 0.15) is 5.82 Å². The number of allylic oxidation sites excluding steroid dienone is 1. The lowest BCUT2D eigenvalue weighted by Gasteiger charge is -2.27. The van der Waals surface area contributed by atoms with Crippen molar-refractivity contribution < 1.29 is 32.2 Å². The Hall–Kier alpha value is -3.35. The van der Waals surface area contributed by atoms with Crippen molar-refractivity contribution in [2.45, 2.75) is 31.6 Å². The maximum Gasteiger partial charge on any atom is 0.200 e. The molecule has 0 saturated heterocycles. The second-order valence-electron chi connectivity index (χ2n) is 8.27. The SMILES string of the molecule is Oc1ccc(-c2ccc(/C=C/C3CCC(c4ccc(O)c(F)c4F)CC3)c(F)c2)c(F)c1F. The molecule has 1 saturated carbocycles. The standard InChI is InChI=1S/C26H21F5O2/c27-20-13-17(19-10-12-22(33)26(31)24(19)29)8-7-16(20)6-3-14-1-4-15(5-2-14)18-9-11-21(32)25(30)23(18)28/h3,6-15,32-33H,1-2,4-5H2/b6-3+. The van der Waals surface area contributed by atoms with Crippen LogP contribution in [0.25, 0.3) is 17.2 Å². The van der Waals surface area contributed by atoms with Gasteiger partial charge in [-0.3, -0.25) is 0 Å². The van der Waals surface area contributed by atoms with E-state index in [2.05, 4.69) is 0 Å². The Kier molecular flexibility index (Phi) is 6.40. The van der Waals surface area contributed by atoms with Gasteiger partial charge in [-0.25, -0.2) is 13.2 Å². The Morgan fingerprint density at radius 2 is 1.33 bits per heavy atom. The van der Waals surface area contributed by atoms with Crippen LogP contribution >= 0.6 is 0 Å². The van der Waals surface area contributed by atoms with Crippen LogP contribution in [0.1, 0.15) is 42.7 Å². The third-order valence-electron chi connectivity index (χ3n) is 6.22. The first-order valence-electron chi connectivity index (χ1n) is 10.6. The summed E-state index contributed by atoms with van der Waals surface area (Å²) in [5.74, 6) is -7.03. The Morgan fingerprint density at radius 1 is 0.697 bits per heavy atom. The van der Waals surface area contributed by atoms with Gasteiger partial charge in [0, 0.05) is 11.1 Å². The van der Waals surface area contributed by atoms with Crippen LogP contribution in [0.5, 0.6) is 11.5 Å². The number of phenols is 2. The number of hydrogen-bond donors (Lipinski definition) is 2. The summed E-state index contributed by atoms with van der Waals surface area (Å²) >= 11 is 0. The number of halogens is 5. The van der Waals surface area contributed by atoms with Crippen LogP contribution in [-0.2, 0) is 0 Å². The van der Waals surface area contributed by atoms with Gasteiger partial charge in [-0.2, -0.15) is 8.78 Å². The predicted molar refractivity (Wildman–Crippen MR) is 115 cm³/mol. The highest BCUT2D eigenvalue weighted by Gasteiger charge is 2.25. The van der Waals surface area contributed by atoms with Crippen molar-refractivity contribution in [3.8, 4) is 22.6 Å². The Morgan fingerprint density at radius 3 is 2.00 bits per heavy atom. The lowest BCUT2D eigenvalue weighted by atomic mass is 9.78. The van der Waals surface area contributed by atoms with Crippen LogP contribution in [0, 0.1) is 35.0 Å². The topological polar surface area (TPSA) is 40.5 Å². The minimum Gasteiger partial charge on any atom is -0.505 e. The molecule has 0 amide bonds. The minimum atomic E-state index is -1.39. The molecule has 4 rings (SSSR count). The third kappa shape index (κ3) is 4.58. The van der Waals surface area contributed by atoms with Crippen molar-refractivity contribution in [3.05, 3.63) is 88.8 Å². The fraction of sp³-hybridized carbons (Fsp3) is 0.231. The Labute approximate surface area is 187 Å². The summed E-state index contributed by atoms with van der Waals surface area (Å²) in [4.78, 5) is 0. The molecule has 7 heteroatoms. The zero-order valence-corrected chi connectivity index (χ0v) is 17.5. The largest absolute Gasteiger partial charge is 0.505 e. The van der Waals surface area contributed by atoms with Crippen LogP contribution in [-0.4, -0.2) is 10.2 Å². The summed E-state index contributed by atoms with van der Waals surface area (Å²) in [7, 11) is 0. The lowest BCUT2D eigenvalue weighted by Crippen LogP contribution is -2.13. The molecule has 33 heavy (non-hydrogen) atoms. The summed E-state index contributed by atoms with van der Waals surface area (Å²) in [6, 6.07) is 8.79. The van der Waals surface area contributed by atoms with Crippen LogP contribution in [0.2, 0.25) is 0 Å². The quantitative estimate of drug-likeness (QED) is 0.397. The van der Waals surface area contributed by atoms with E-state index < -0.39 is 40.6 Å². The van der Waals surface area contributed by atoms with Crippen molar-refractivity contribution in [1.82, 2.24) is 0 Å². The van der Waals surface area contributed by atoms with E-state index >= 15 is 0 Å². The molecule has 0 radical (unpaired) electrons. The van der Waals surface area contributed by atoms with E-state index in [1.54, 1.807) is 6.08 Å². The van der Waals surface area contributed by atoms with Crippen molar-refractivity contribution in [2.75, 3.05) is 0 Å². The smallest absolute Gasteiger partial charge is 0.200 e. The number of hydrogen-bond acceptors (Lipinski definition) is 2. The second kappa shape index (κ2) is 9.25. The summed E-state index contributed by atoms with van der Waals surface area (Å²) in [5.41, 5.74) is 0.528. The Bertz CT molecular complexity index is 1210. The molecule has 0 aliphatic heterocycles.